The molecule has 162 valence electrons. The van der Waals surface area contributed by atoms with Gasteiger partial charge in [-0.3, -0.25) is 4.79 Å². The predicted molar refractivity (Wildman–Crippen MR) is 119 cm³/mol. The monoisotopic (exact) mass is 420 g/mol. The second-order valence-corrected chi connectivity index (χ2v) is 7.97. The number of fused-ring (bicyclic) bond motifs is 1. The standard InChI is InChI=1S/C24H28N4O3/c1-3-31-24(30)28-13-11-27(12-14-28)23-25-17(2)22-20(26-23)15-19(16-21(22)29)10-9-18-7-5-4-6-8-18/h4-10,19H,3,11-16H2,1-2H3. The zero-order chi connectivity index (χ0) is 21.8. The minimum absolute atomic E-state index is 0.111. The number of allylic oxidation sites excluding steroid dienone is 1. The van der Waals surface area contributed by atoms with Gasteiger partial charge in [-0.15, -0.1) is 0 Å². The zero-order valence-corrected chi connectivity index (χ0v) is 18.1. The van der Waals surface area contributed by atoms with E-state index in [1.807, 2.05) is 32.0 Å². The minimum Gasteiger partial charge on any atom is -0.450 e. The first kappa shape index (κ1) is 21.0. The molecule has 1 aliphatic heterocycles. The van der Waals surface area contributed by atoms with E-state index in [9.17, 15) is 9.59 Å². The Balaban J connectivity index is 1.49. The van der Waals surface area contributed by atoms with Crippen molar-refractivity contribution < 1.29 is 14.3 Å². The van der Waals surface area contributed by atoms with Crippen LogP contribution in [0.15, 0.2) is 36.4 Å². The van der Waals surface area contributed by atoms with Crippen molar-refractivity contribution in [1.29, 1.82) is 0 Å². The molecule has 31 heavy (non-hydrogen) atoms. The van der Waals surface area contributed by atoms with Crippen LogP contribution in [0.2, 0.25) is 0 Å². The van der Waals surface area contributed by atoms with Gasteiger partial charge < -0.3 is 14.5 Å². The minimum atomic E-state index is -0.275. The number of Topliss-reactive ketones (excluding diaryl/α,β-unsaturated/α-hetero) is 1. The molecule has 2 heterocycles. The highest BCUT2D eigenvalue weighted by Gasteiger charge is 2.30. The van der Waals surface area contributed by atoms with Crippen molar-refractivity contribution in [3.8, 4) is 0 Å². The number of hydrogen-bond acceptors (Lipinski definition) is 6. The lowest BCUT2D eigenvalue weighted by Gasteiger charge is -2.34. The third-order valence-corrected chi connectivity index (χ3v) is 5.78. The molecule has 0 radical (unpaired) electrons. The maximum Gasteiger partial charge on any atom is 0.409 e. The maximum absolute atomic E-state index is 12.8. The molecule has 2 aliphatic rings. The van der Waals surface area contributed by atoms with Crippen LogP contribution in [-0.2, 0) is 11.2 Å². The van der Waals surface area contributed by atoms with Crippen LogP contribution in [0.1, 0.15) is 40.7 Å². The molecule has 1 aromatic carbocycles. The quantitative estimate of drug-likeness (QED) is 0.753. The molecular weight excluding hydrogens is 392 g/mol. The molecule has 1 unspecified atom stereocenters. The Morgan fingerprint density at radius 1 is 1.13 bits per heavy atom. The third-order valence-electron chi connectivity index (χ3n) is 5.78. The lowest BCUT2D eigenvalue weighted by atomic mass is 9.85. The van der Waals surface area contributed by atoms with Crippen LogP contribution in [-0.4, -0.2) is 59.5 Å². The number of amides is 1. The number of ether oxygens (including phenoxy) is 1. The van der Waals surface area contributed by atoms with E-state index in [-0.39, 0.29) is 17.8 Å². The van der Waals surface area contributed by atoms with Crippen molar-refractivity contribution in [3.63, 3.8) is 0 Å². The SMILES string of the molecule is CCOC(=O)N1CCN(c2nc(C)c3c(n2)CC(C=Cc2ccccc2)CC3=O)CC1. The fourth-order valence-corrected chi connectivity index (χ4v) is 4.18. The number of aryl methyl sites for hydroxylation is 1. The number of piperazine rings is 1. The summed E-state index contributed by atoms with van der Waals surface area (Å²) in [6.07, 6.45) is 5.13. The zero-order valence-electron chi connectivity index (χ0n) is 18.1. The molecule has 1 atom stereocenters. The number of benzene rings is 1. The third kappa shape index (κ3) is 4.76. The molecule has 0 N–H and O–H groups in total. The molecule has 7 nitrogen and oxygen atoms in total. The molecule has 7 heteroatoms. The van der Waals surface area contributed by atoms with E-state index in [0.717, 1.165) is 23.4 Å². The number of ketones is 1. The molecule has 1 aromatic heterocycles. The molecule has 1 aliphatic carbocycles. The molecule has 2 aromatic rings. The van der Waals surface area contributed by atoms with E-state index < -0.39 is 0 Å². The van der Waals surface area contributed by atoms with Gasteiger partial charge in [-0.05, 0) is 31.7 Å². The van der Waals surface area contributed by atoms with Gasteiger partial charge in [-0.1, -0.05) is 42.5 Å². The molecule has 1 fully saturated rings. The molecule has 0 bridgehead atoms. The van der Waals surface area contributed by atoms with Crippen molar-refractivity contribution in [2.75, 3.05) is 37.7 Å². The summed E-state index contributed by atoms with van der Waals surface area (Å²) in [5.74, 6) is 0.878. The first-order chi connectivity index (χ1) is 15.0. The average Bonchev–Trinajstić information content (AvgIpc) is 2.78. The maximum atomic E-state index is 12.8. The Morgan fingerprint density at radius 3 is 2.58 bits per heavy atom. The summed E-state index contributed by atoms with van der Waals surface area (Å²) >= 11 is 0. The summed E-state index contributed by atoms with van der Waals surface area (Å²) in [6.45, 7) is 6.49. The van der Waals surface area contributed by atoms with E-state index in [4.69, 9.17) is 9.72 Å². The Hall–Kier alpha value is -3.22. The summed E-state index contributed by atoms with van der Waals surface area (Å²) in [6, 6.07) is 10.1. The first-order valence-corrected chi connectivity index (χ1v) is 10.9. The highest BCUT2D eigenvalue weighted by molar-refractivity contribution is 5.99. The van der Waals surface area contributed by atoms with Crippen molar-refractivity contribution >= 4 is 23.9 Å². The summed E-state index contributed by atoms with van der Waals surface area (Å²) in [7, 11) is 0. The van der Waals surface area contributed by atoms with E-state index in [1.165, 1.54) is 0 Å². The van der Waals surface area contributed by atoms with E-state index in [0.29, 0.717) is 50.7 Å². The first-order valence-electron chi connectivity index (χ1n) is 10.9. The summed E-state index contributed by atoms with van der Waals surface area (Å²) < 4.78 is 5.09. The van der Waals surface area contributed by atoms with Gasteiger partial charge in [0.2, 0.25) is 5.95 Å². The van der Waals surface area contributed by atoms with Gasteiger partial charge in [0.05, 0.1) is 23.6 Å². The van der Waals surface area contributed by atoms with Gasteiger partial charge in [0.25, 0.3) is 0 Å². The fraction of sp³-hybridized carbons (Fsp3) is 0.417. The second-order valence-electron chi connectivity index (χ2n) is 7.97. The van der Waals surface area contributed by atoms with Crippen molar-refractivity contribution in [3.05, 3.63) is 58.9 Å². The van der Waals surface area contributed by atoms with Gasteiger partial charge in [-0.2, -0.15) is 0 Å². The number of carbonyl (C=O) groups is 2. The largest absolute Gasteiger partial charge is 0.450 e. The summed E-state index contributed by atoms with van der Waals surface area (Å²) in [4.78, 5) is 37.9. The second kappa shape index (κ2) is 9.29. The molecule has 0 spiro atoms. The lowest BCUT2D eigenvalue weighted by molar-refractivity contribution is 0.0955. The van der Waals surface area contributed by atoms with E-state index in [2.05, 4.69) is 34.2 Å². The Morgan fingerprint density at radius 2 is 1.87 bits per heavy atom. The Kier molecular flexibility index (Phi) is 6.30. The molecule has 4 rings (SSSR count). The van der Waals surface area contributed by atoms with Crippen LogP contribution in [0.3, 0.4) is 0 Å². The fourth-order valence-electron chi connectivity index (χ4n) is 4.18. The lowest BCUT2D eigenvalue weighted by Crippen LogP contribution is -2.49. The topological polar surface area (TPSA) is 75.6 Å². The van der Waals surface area contributed by atoms with Crippen LogP contribution in [0, 0.1) is 12.8 Å². The van der Waals surface area contributed by atoms with Gasteiger partial charge in [-0.25, -0.2) is 14.8 Å². The Labute approximate surface area is 182 Å². The number of rotatable bonds is 4. The van der Waals surface area contributed by atoms with Crippen LogP contribution >= 0.6 is 0 Å². The highest BCUT2D eigenvalue weighted by atomic mass is 16.6. The van der Waals surface area contributed by atoms with Crippen molar-refractivity contribution in [2.24, 2.45) is 5.92 Å². The van der Waals surface area contributed by atoms with Crippen LogP contribution in [0.4, 0.5) is 10.7 Å². The number of nitrogens with zero attached hydrogens (tertiary/aromatic N) is 4. The van der Waals surface area contributed by atoms with Gasteiger partial charge in [0.15, 0.2) is 5.78 Å². The molecule has 1 saturated heterocycles. The van der Waals surface area contributed by atoms with Crippen molar-refractivity contribution in [2.45, 2.75) is 26.7 Å². The van der Waals surface area contributed by atoms with Crippen LogP contribution < -0.4 is 4.90 Å². The molecule has 1 amide bonds. The van der Waals surface area contributed by atoms with E-state index in [1.54, 1.807) is 4.90 Å². The van der Waals surface area contributed by atoms with Crippen molar-refractivity contribution in [1.82, 2.24) is 14.9 Å². The summed E-state index contributed by atoms with van der Waals surface area (Å²) in [5, 5.41) is 0. The van der Waals surface area contributed by atoms with Gasteiger partial charge >= 0.3 is 6.09 Å². The summed E-state index contributed by atoms with van der Waals surface area (Å²) in [5.41, 5.74) is 3.37. The molecular formula is C24H28N4O3. The molecule has 0 saturated carbocycles. The number of aromatic nitrogens is 2. The smallest absolute Gasteiger partial charge is 0.409 e. The number of anilines is 1. The highest BCUT2D eigenvalue weighted by Crippen LogP contribution is 2.29. The Bertz CT molecular complexity index is 982. The van der Waals surface area contributed by atoms with Gasteiger partial charge in [0.1, 0.15) is 0 Å². The number of carbonyl (C=O) groups excluding carboxylic acids is 2. The average molecular weight is 421 g/mol. The normalized spacial score (nSPS) is 18.9. The predicted octanol–water partition coefficient (Wildman–Crippen LogP) is 3.52. The van der Waals surface area contributed by atoms with Gasteiger partial charge in [0, 0.05) is 32.6 Å². The van der Waals surface area contributed by atoms with E-state index >= 15 is 0 Å². The van der Waals surface area contributed by atoms with Crippen LogP contribution in [0.5, 0.6) is 0 Å². The van der Waals surface area contributed by atoms with Crippen LogP contribution in [0.25, 0.3) is 6.08 Å². The number of hydrogen-bond donors (Lipinski definition) is 0.